The lowest BCUT2D eigenvalue weighted by atomic mass is 9.89. The van der Waals surface area contributed by atoms with Gasteiger partial charge in [-0.1, -0.05) is 18.2 Å². The Bertz CT molecular complexity index is 1350. The number of aliphatic carboxylic acids is 1. The quantitative estimate of drug-likeness (QED) is 0.291. The second kappa shape index (κ2) is 12.0. The van der Waals surface area contributed by atoms with Gasteiger partial charge in [0, 0.05) is 22.8 Å². The average Bonchev–Trinajstić information content (AvgIpc) is 3.56. The Labute approximate surface area is 220 Å². The van der Waals surface area contributed by atoms with Crippen LogP contribution in [0.5, 0.6) is 0 Å². The standard InChI is InChI=1S/C21H23N5O3S2.C2HF3O2/c22-20(23)15-6-3-7-16(19(15)27)21(26-11-1-2-12-26)25-31(28,29)18-9-8-17(30-18)14-5-4-10-24-13-14;3-2(4,5)1(6)7/h3-10,13,16,21,25H,1-2,11-12H2,(H3,22,23);(H,6,7)/t16-,21?;/m1./s1. The van der Waals surface area contributed by atoms with Gasteiger partial charge in [0.05, 0.1) is 17.7 Å². The Kier molecular flexibility index (Phi) is 9.19. The molecule has 204 valence electrons. The van der Waals surface area contributed by atoms with Crippen LogP contribution in [0, 0.1) is 11.3 Å². The fourth-order valence-corrected chi connectivity index (χ4v) is 6.39. The van der Waals surface area contributed by atoms with E-state index in [1.807, 2.05) is 11.0 Å². The van der Waals surface area contributed by atoms with Gasteiger partial charge in [0.15, 0.2) is 5.78 Å². The summed E-state index contributed by atoms with van der Waals surface area (Å²) in [6, 6.07) is 6.99. The largest absolute Gasteiger partial charge is 0.490 e. The lowest BCUT2D eigenvalue weighted by molar-refractivity contribution is -0.192. The number of carbonyl (C=O) groups is 2. The topological polar surface area (TPSA) is 167 Å². The van der Waals surface area contributed by atoms with Crippen molar-refractivity contribution in [1.82, 2.24) is 14.6 Å². The van der Waals surface area contributed by atoms with Gasteiger partial charge in [0.25, 0.3) is 10.0 Å². The van der Waals surface area contributed by atoms with Crippen molar-refractivity contribution in [1.29, 1.82) is 5.41 Å². The van der Waals surface area contributed by atoms with Crippen LogP contribution < -0.4 is 10.5 Å². The highest BCUT2D eigenvalue weighted by Crippen LogP contribution is 2.31. The van der Waals surface area contributed by atoms with E-state index in [4.69, 9.17) is 21.0 Å². The molecule has 2 atom stereocenters. The highest BCUT2D eigenvalue weighted by atomic mass is 32.2. The number of nitrogens with two attached hydrogens (primary N) is 1. The van der Waals surface area contributed by atoms with Crippen molar-refractivity contribution in [2.24, 2.45) is 11.7 Å². The van der Waals surface area contributed by atoms with Crippen LogP contribution >= 0.6 is 11.3 Å². The fraction of sp³-hybridized carbons (Fsp3) is 0.304. The predicted molar refractivity (Wildman–Crippen MR) is 134 cm³/mol. The van der Waals surface area contributed by atoms with E-state index in [1.54, 1.807) is 42.7 Å². The van der Waals surface area contributed by atoms with Crippen LogP contribution in [0.25, 0.3) is 10.4 Å². The molecular formula is C23H24F3N5O5S2. The molecule has 1 unspecified atom stereocenters. The molecule has 0 spiro atoms. The predicted octanol–water partition coefficient (Wildman–Crippen LogP) is 2.76. The molecule has 2 aliphatic rings. The van der Waals surface area contributed by atoms with Crippen LogP contribution in [-0.4, -0.2) is 66.4 Å². The summed E-state index contributed by atoms with van der Waals surface area (Å²) in [4.78, 5) is 28.7. The third kappa shape index (κ3) is 7.12. The minimum absolute atomic E-state index is 0.103. The molecule has 0 radical (unpaired) electrons. The van der Waals surface area contributed by atoms with E-state index in [0.29, 0.717) is 13.1 Å². The average molecular weight is 572 g/mol. The molecule has 5 N–H and O–H groups in total. The van der Waals surface area contributed by atoms with Crippen molar-refractivity contribution in [2.75, 3.05) is 13.1 Å². The van der Waals surface area contributed by atoms with Crippen LogP contribution in [0.1, 0.15) is 12.8 Å². The zero-order valence-electron chi connectivity index (χ0n) is 19.7. The maximum Gasteiger partial charge on any atom is 0.490 e. The number of alkyl halides is 3. The van der Waals surface area contributed by atoms with E-state index in [9.17, 15) is 26.4 Å². The van der Waals surface area contributed by atoms with Gasteiger partial charge in [-0.3, -0.25) is 20.1 Å². The summed E-state index contributed by atoms with van der Waals surface area (Å²) in [5.41, 5.74) is 6.50. The molecule has 1 fully saturated rings. The van der Waals surface area contributed by atoms with E-state index in [-0.39, 0.29) is 21.4 Å². The van der Waals surface area contributed by atoms with E-state index in [0.717, 1.165) is 34.6 Å². The Balaban J connectivity index is 0.000000505. The SMILES string of the molecule is N=C(N)C1=CC=C[C@@H](C(NS(=O)(=O)c2ccc(-c3cccnc3)s2)N2CCCC2)C1=O.O=C(O)C(F)(F)F. The van der Waals surface area contributed by atoms with Crippen molar-refractivity contribution in [3.05, 3.63) is 60.5 Å². The Morgan fingerprint density at radius 3 is 2.47 bits per heavy atom. The lowest BCUT2D eigenvalue weighted by Gasteiger charge is -2.33. The van der Waals surface area contributed by atoms with Crippen molar-refractivity contribution >= 4 is 38.9 Å². The molecule has 1 aliphatic carbocycles. The number of thiophene rings is 1. The summed E-state index contributed by atoms with van der Waals surface area (Å²) >= 11 is 1.15. The number of pyridine rings is 1. The number of carbonyl (C=O) groups excluding carboxylic acids is 1. The molecule has 2 aromatic rings. The van der Waals surface area contributed by atoms with Crippen LogP contribution in [0.3, 0.4) is 0 Å². The molecule has 0 bridgehead atoms. The number of nitrogens with one attached hydrogen (secondary N) is 2. The third-order valence-electron chi connectivity index (χ3n) is 5.62. The minimum atomic E-state index is -5.08. The van der Waals surface area contributed by atoms with E-state index in [1.165, 1.54) is 6.08 Å². The maximum absolute atomic E-state index is 13.2. The van der Waals surface area contributed by atoms with Gasteiger partial charge in [0.1, 0.15) is 10.0 Å². The highest BCUT2D eigenvalue weighted by molar-refractivity contribution is 7.91. The van der Waals surface area contributed by atoms with Crippen LogP contribution in [0.4, 0.5) is 13.2 Å². The molecule has 10 nitrogen and oxygen atoms in total. The minimum Gasteiger partial charge on any atom is -0.475 e. The highest BCUT2D eigenvalue weighted by Gasteiger charge is 2.39. The van der Waals surface area contributed by atoms with Gasteiger partial charge < -0.3 is 10.8 Å². The normalized spacial score (nSPS) is 18.9. The number of carboxylic acid groups (broad SMARTS) is 1. The number of ketones is 1. The number of nitrogens with zero attached hydrogens (tertiary/aromatic N) is 2. The van der Waals surface area contributed by atoms with Crippen LogP contribution in [0.15, 0.2) is 64.7 Å². The van der Waals surface area contributed by atoms with E-state index < -0.39 is 34.3 Å². The first-order valence-corrected chi connectivity index (χ1v) is 13.4. The first-order chi connectivity index (χ1) is 17.8. The monoisotopic (exact) mass is 571 g/mol. The number of hydrogen-bond acceptors (Lipinski definition) is 8. The molecule has 1 saturated heterocycles. The summed E-state index contributed by atoms with van der Waals surface area (Å²) < 4.78 is 61.2. The molecule has 1 aliphatic heterocycles. The molecule has 15 heteroatoms. The van der Waals surface area contributed by atoms with Gasteiger partial charge in [0.2, 0.25) is 0 Å². The summed E-state index contributed by atoms with van der Waals surface area (Å²) in [7, 11) is -3.88. The zero-order valence-corrected chi connectivity index (χ0v) is 21.3. The number of likely N-dealkylation sites (tertiary alicyclic amines) is 1. The van der Waals surface area contributed by atoms with Crippen LogP contribution in [0.2, 0.25) is 0 Å². The van der Waals surface area contributed by atoms with Gasteiger partial charge in [-0.2, -0.15) is 17.9 Å². The van der Waals surface area contributed by atoms with Crippen molar-refractivity contribution in [3.8, 4) is 10.4 Å². The van der Waals surface area contributed by atoms with Gasteiger partial charge in [-0.05, 0) is 50.2 Å². The summed E-state index contributed by atoms with van der Waals surface area (Å²) in [6.07, 6.45) is 4.21. The molecule has 4 rings (SSSR count). The molecule has 0 amide bonds. The van der Waals surface area contributed by atoms with E-state index in [2.05, 4.69) is 9.71 Å². The van der Waals surface area contributed by atoms with Crippen molar-refractivity contribution in [3.63, 3.8) is 0 Å². The van der Waals surface area contributed by atoms with Gasteiger partial charge in [-0.25, -0.2) is 13.2 Å². The first-order valence-electron chi connectivity index (χ1n) is 11.1. The molecule has 3 heterocycles. The summed E-state index contributed by atoms with van der Waals surface area (Å²) in [5, 5.41) is 14.8. The second-order valence-corrected chi connectivity index (χ2v) is 11.3. The van der Waals surface area contributed by atoms with E-state index >= 15 is 0 Å². The molecule has 0 saturated carbocycles. The number of Topliss-reactive ketones (excluding diaryl/α,β-unsaturated/α-hetero) is 1. The smallest absolute Gasteiger partial charge is 0.475 e. The molecule has 2 aromatic heterocycles. The second-order valence-electron chi connectivity index (χ2n) is 8.24. The Morgan fingerprint density at radius 1 is 1.26 bits per heavy atom. The Hall–Kier alpha value is -3.40. The molecule has 0 aromatic carbocycles. The lowest BCUT2D eigenvalue weighted by Crippen LogP contribution is -2.53. The van der Waals surface area contributed by atoms with Crippen molar-refractivity contribution < 1.29 is 36.3 Å². The number of carboxylic acids is 1. The molecular weight excluding hydrogens is 547 g/mol. The number of allylic oxidation sites excluding steroid dienone is 2. The summed E-state index contributed by atoms with van der Waals surface area (Å²) in [5.74, 6) is -4.18. The fourth-order valence-electron chi connectivity index (χ4n) is 3.83. The number of amidine groups is 1. The first kappa shape index (κ1) is 29.2. The number of sulfonamides is 1. The number of rotatable bonds is 7. The third-order valence-corrected chi connectivity index (χ3v) is 8.68. The Morgan fingerprint density at radius 2 is 1.92 bits per heavy atom. The van der Waals surface area contributed by atoms with Crippen molar-refractivity contribution in [2.45, 2.75) is 29.4 Å². The number of hydrogen-bond donors (Lipinski definition) is 4. The van der Waals surface area contributed by atoms with Gasteiger partial charge >= 0.3 is 12.1 Å². The van der Waals surface area contributed by atoms with Crippen LogP contribution in [-0.2, 0) is 19.6 Å². The van der Waals surface area contributed by atoms with Gasteiger partial charge in [-0.15, -0.1) is 11.3 Å². The molecule has 38 heavy (non-hydrogen) atoms. The zero-order chi connectivity index (χ0) is 28.1. The number of aromatic nitrogens is 1. The maximum atomic E-state index is 13.2. The summed E-state index contributed by atoms with van der Waals surface area (Å²) in [6.45, 7) is 1.38. The number of halogens is 3.